The van der Waals surface area contributed by atoms with Gasteiger partial charge >= 0.3 is 0 Å². The number of hydrogen-bond donors (Lipinski definition) is 0. The van der Waals surface area contributed by atoms with E-state index in [1.165, 1.54) is 36.0 Å². The summed E-state index contributed by atoms with van der Waals surface area (Å²) in [5.41, 5.74) is 4.03. The summed E-state index contributed by atoms with van der Waals surface area (Å²) in [4.78, 5) is 0. The summed E-state index contributed by atoms with van der Waals surface area (Å²) in [6, 6.07) is 32.7. The monoisotopic (exact) mass is 440 g/mol. The molecular weight excluding hydrogens is 411 g/mol. The first-order chi connectivity index (χ1) is 12.8. The van der Waals surface area contributed by atoms with E-state index in [0.717, 1.165) is 6.42 Å². The Morgan fingerprint density at radius 1 is 0.704 bits per heavy atom. The van der Waals surface area contributed by atoms with Crippen LogP contribution in [-0.4, -0.2) is 0 Å². The van der Waals surface area contributed by atoms with Gasteiger partial charge in [0.15, 0.2) is 0 Å². The molecule has 2 atom stereocenters. The summed E-state index contributed by atoms with van der Waals surface area (Å²) in [7, 11) is 0. The van der Waals surface area contributed by atoms with Crippen molar-refractivity contribution in [3.63, 3.8) is 0 Å². The Bertz CT molecular complexity index is 732. The van der Waals surface area contributed by atoms with Crippen molar-refractivity contribution in [2.75, 3.05) is 0 Å². The molecule has 2 unspecified atom stereocenters. The van der Waals surface area contributed by atoms with E-state index in [-0.39, 0.29) is 14.2 Å². The van der Waals surface area contributed by atoms with Crippen LogP contribution in [0.15, 0.2) is 91.0 Å². The van der Waals surface area contributed by atoms with E-state index >= 15 is 0 Å². The van der Waals surface area contributed by atoms with Crippen molar-refractivity contribution in [3.05, 3.63) is 108 Å². The molecular formula is C25H30BrP. The quantitative estimate of drug-likeness (QED) is 0.190. The van der Waals surface area contributed by atoms with Crippen LogP contribution in [0.25, 0.3) is 0 Å². The second kappa shape index (κ2) is 10.8. The Hall–Kier alpha value is -1.43. The molecule has 2 heteroatoms. The molecule has 0 fully saturated rings. The molecule has 142 valence electrons. The SMILES string of the molecule is CCCCCC(c1ccccc1)C(Br)(c1ccccc1)c1ccccc1.P. The van der Waals surface area contributed by atoms with E-state index in [9.17, 15) is 0 Å². The second-order valence-electron chi connectivity index (χ2n) is 6.90. The summed E-state index contributed by atoms with van der Waals surface area (Å²) in [6.07, 6.45) is 4.92. The molecule has 0 bridgehead atoms. The summed E-state index contributed by atoms with van der Waals surface area (Å²) in [6.45, 7) is 2.27. The average molecular weight is 441 g/mol. The minimum atomic E-state index is -0.232. The third kappa shape index (κ3) is 5.09. The van der Waals surface area contributed by atoms with Gasteiger partial charge in [-0.2, -0.15) is 9.90 Å². The highest BCUT2D eigenvalue weighted by atomic mass is 79.9. The first-order valence-corrected chi connectivity index (χ1v) is 10.4. The Morgan fingerprint density at radius 3 is 1.59 bits per heavy atom. The van der Waals surface area contributed by atoms with Crippen molar-refractivity contribution >= 4 is 25.8 Å². The first kappa shape index (κ1) is 21.9. The first-order valence-electron chi connectivity index (χ1n) is 9.61. The number of benzene rings is 3. The molecule has 3 aromatic carbocycles. The Labute approximate surface area is 176 Å². The van der Waals surface area contributed by atoms with Crippen LogP contribution in [0.4, 0.5) is 0 Å². The Kier molecular flexibility index (Phi) is 8.74. The highest BCUT2D eigenvalue weighted by molar-refractivity contribution is 9.09. The fourth-order valence-corrected chi connectivity index (χ4v) is 4.83. The van der Waals surface area contributed by atoms with Gasteiger partial charge in [-0.25, -0.2) is 0 Å². The molecule has 0 radical (unpaired) electrons. The predicted molar refractivity (Wildman–Crippen MR) is 127 cm³/mol. The van der Waals surface area contributed by atoms with Crippen LogP contribution in [0.3, 0.4) is 0 Å². The second-order valence-corrected chi connectivity index (χ2v) is 8.15. The van der Waals surface area contributed by atoms with Crippen LogP contribution in [0.5, 0.6) is 0 Å². The van der Waals surface area contributed by atoms with E-state index in [2.05, 4.69) is 114 Å². The van der Waals surface area contributed by atoms with Crippen molar-refractivity contribution in [3.8, 4) is 0 Å². The lowest BCUT2D eigenvalue weighted by atomic mass is 9.74. The molecule has 0 aliphatic heterocycles. The number of unbranched alkanes of at least 4 members (excludes halogenated alkanes) is 2. The van der Waals surface area contributed by atoms with Gasteiger partial charge < -0.3 is 0 Å². The standard InChI is InChI=1S/C25H27Br.H3P/c1-2-3-7-20-24(21-14-8-4-9-15-21)25(26,22-16-10-5-11-17-22)23-18-12-6-13-19-23;/h4-6,8-19,24H,2-3,7,20H2,1H3;1H3. The molecule has 3 rings (SSSR count). The third-order valence-electron chi connectivity index (χ3n) is 5.17. The smallest absolute Gasteiger partial charge is 0.0822 e. The minimum absolute atomic E-state index is 0. The van der Waals surface area contributed by atoms with Crippen LogP contribution in [0, 0.1) is 0 Å². The van der Waals surface area contributed by atoms with Gasteiger partial charge in [-0.15, -0.1) is 0 Å². The van der Waals surface area contributed by atoms with Crippen LogP contribution in [-0.2, 0) is 4.32 Å². The van der Waals surface area contributed by atoms with Crippen molar-refractivity contribution in [2.24, 2.45) is 0 Å². The predicted octanol–water partition coefficient (Wildman–Crippen LogP) is 7.75. The fraction of sp³-hybridized carbons (Fsp3) is 0.280. The molecule has 0 amide bonds. The van der Waals surface area contributed by atoms with E-state index in [4.69, 9.17) is 0 Å². The largest absolute Gasteiger partial charge is 0.153 e. The molecule has 0 saturated heterocycles. The van der Waals surface area contributed by atoms with Crippen LogP contribution in [0.2, 0.25) is 0 Å². The van der Waals surface area contributed by atoms with Crippen molar-refractivity contribution in [1.29, 1.82) is 0 Å². The number of alkyl halides is 1. The summed E-state index contributed by atoms with van der Waals surface area (Å²) in [5, 5.41) is 0. The van der Waals surface area contributed by atoms with Gasteiger partial charge in [-0.3, -0.25) is 0 Å². The molecule has 0 N–H and O–H groups in total. The van der Waals surface area contributed by atoms with Gasteiger partial charge in [0.2, 0.25) is 0 Å². The molecule has 0 nitrogen and oxygen atoms in total. The number of halogens is 1. The summed E-state index contributed by atoms with van der Waals surface area (Å²) in [5.74, 6) is 0.375. The lowest BCUT2D eigenvalue weighted by Gasteiger charge is -2.38. The Balaban J connectivity index is 0.00000261. The van der Waals surface area contributed by atoms with E-state index in [1.54, 1.807) is 0 Å². The lowest BCUT2D eigenvalue weighted by Crippen LogP contribution is -2.29. The molecule has 3 aromatic rings. The molecule has 0 spiro atoms. The molecule has 27 heavy (non-hydrogen) atoms. The van der Waals surface area contributed by atoms with Gasteiger partial charge in [0.25, 0.3) is 0 Å². The topological polar surface area (TPSA) is 0 Å². The van der Waals surface area contributed by atoms with Gasteiger partial charge in [-0.05, 0) is 23.1 Å². The summed E-state index contributed by atoms with van der Waals surface area (Å²) >= 11 is 4.26. The highest BCUT2D eigenvalue weighted by Gasteiger charge is 2.40. The lowest BCUT2D eigenvalue weighted by molar-refractivity contribution is 0.497. The molecule has 0 aliphatic carbocycles. The van der Waals surface area contributed by atoms with Gasteiger partial charge in [0.05, 0.1) is 4.32 Å². The zero-order valence-electron chi connectivity index (χ0n) is 16.2. The van der Waals surface area contributed by atoms with E-state index in [1.807, 2.05) is 0 Å². The van der Waals surface area contributed by atoms with Gasteiger partial charge in [0.1, 0.15) is 0 Å². The average Bonchev–Trinajstić information content (AvgIpc) is 2.73. The number of rotatable bonds is 8. The zero-order chi connectivity index (χ0) is 18.2. The molecule has 0 aromatic heterocycles. The van der Waals surface area contributed by atoms with Crippen molar-refractivity contribution in [2.45, 2.75) is 42.8 Å². The Morgan fingerprint density at radius 2 is 1.15 bits per heavy atom. The third-order valence-corrected chi connectivity index (χ3v) is 6.63. The van der Waals surface area contributed by atoms with E-state index in [0.29, 0.717) is 5.92 Å². The number of hydrogen-bond acceptors (Lipinski definition) is 0. The fourth-order valence-electron chi connectivity index (χ4n) is 3.81. The van der Waals surface area contributed by atoms with Crippen LogP contribution >= 0.6 is 25.8 Å². The minimum Gasteiger partial charge on any atom is -0.153 e. The van der Waals surface area contributed by atoms with E-state index < -0.39 is 0 Å². The highest BCUT2D eigenvalue weighted by Crippen LogP contribution is 2.51. The van der Waals surface area contributed by atoms with Crippen LogP contribution < -0.4 is 0 Å². The maximum Gasteiger partial charge on any atom is 0.0822 e. The van der Waals surface area contributed by atoms with Crippen molar-refractivity contribution < 1.29 is 0 Å². The van der Waals surface area contributed by atoms with Crippen molar-refractivity contribution in [1.82, 2.24) is 0 Å². The summed E-state index contributed by atoms with van der Waals surface area (Å²) < 4.78 is -0.232. The normalized spacial score (nSPS) is 12.2. The van der Waals surface area contributed by atoms with Gasteiger partial charge in [0, 0.05) is 5.92 Å². The zero-order valence-corrected chi connectivity index (χ0v) is 19.2. The maximum absolute atomic E-state index is 4.26. The molecule has 0 saturated carbocycles. The van der Waals surface area contributed by atoms with Gasteiger partial charge in [-0.1, -0.05) is 133 Å². The molecule has 0 aliphatic rings. The molecule has 0 heterocycles. The maximum atomic E-state index is 4.26. The van der Waals surface area contributed by atoms with Crippen LogP contribution in [0.1, 0.15) is 55.2 Å².